The van der Waals surface area contributed by atoms with Crippen LogP contribution in [0.3, 0.4) is 0 Å². The Morgan fingerprint density at radius 1 is 1.03 bits per heavy atom. The van der Waals surface area contributed by atoms with E-state index in [0.717, 1.165) is 4.90 Å². The van der Waals surface area contributed by atoms with Crippen molar-refractivity contribution in [1.82, 2.24) is 9.80 Å². The number of ether oxygens (including phenoxy) is 3. The predicted molar refractivity (Wildman–Crippen MR) is 130 cm³/mol. The van der Waals surface area contributed by atoms with Crippen LogP contribution in [0.5, 0.6) is 5.75 Å². The number of amides is 3. The monoisotopic (exact) mass is 494 g/mol. The molecule has 3 atom stereocenters. The van der Waals surface area contributed by atoms with Crippen molar-refractivity contribution in [2.24, 2.45) is 0 Å². The third kappa shape index (κ3) is 5.11. The first-order valence-electron chi connectivity index (χ1n) is 12.1. The highest BCUT2D eigenvalue weighted by Gasteiger charge is 2.35. The molecule has 36 heavy (non-hydrogen) atoms. The highest BCUT2D eigenvalue weighted by atomic mass is 16.6. The smallest absolute Gasteiger partial charge is 0.342 e. The van der Waals surface area contributed by atoms with Crippen molar-refractivity contribution in [3.63, 3.8) is 0 Å². The van der Waals surface area contributed by atoms with Crippen LogP contribution >= 0.6 is 0 Å². The van der Waals surface area contributed by atoms with E-state index in [1.807, 2.05) is 13.8 Å². The Balaban J connectivity index is 1.51. The lowest BCUT2D eigenvalue weighted by Gasteiger charge is -2.36. The first kappa shape index (κ1) is 25.4. The minimum atomic E-state index is -1.01. The van der Waals surface area contributed by atoms with Crippen LogP contribution in [-0.2, 0) is 20.8 Å². The van der Waals surface area contributed by atoms with Crippen molar-refractivity contribution in [3.8, 4) is 5.75 Å². The Morgan fingerprint density at radius 3 is 2.22 bits per heavy atom. The summed E-state index contributed by atoms with van der Waals surface area (Å²) in [6.45, 7) is 8.24. The van der Waals surface area contributed by atoms with Crippen LogP contribution in [-0.4, -0.2) is 71.5 Å². The Hall–Kier alpha value is -3.72. The van der Waals surface area contributed by atoms with Crippen LogP contribution in [0, 0.1) is 0 Å². The molecule has 9 nitrogen and oxygen atoms in total. The van der Waals surface area contributed by atoms with E-state index >= 15 is 0 Å². The summed E-state index contributed by atoms with van der Waals surface area (Å²) in [5, 5.41) is 0. The highest BCUT2D eigenvalue weighted by molar-refractivity contribution is 6.21. The Labute approximate surface area is 209 Å². The summed E-state index contributed by atoms with van der Waals surface area (Å²) < 4.78 is 16.8. The van der Waals surface area contributed by atoms with Gasteiger partial charge in [0.15, 0.2) is 6.10 Å². The summed E-state index contributed by atoms with van der Waals surface area (Å²) in [5.74, 6) is -1.51. The van der Waals surface area contributed by atoms with Crippen molar-refractivity contribution < 1.29 is 33.4 Å². The van der Waals surface area contributed by atoms with Crippen molar-refractivity contribution in [3.05, 3.63) is 64.7 Å². The van der Waals surface area contributed by atoms with E-state index in [9.17, 15) is 19.2 Å². The molecule has 3 amide bonds. The lowest BCUT2D eigenvalue weighted by molar-refractivity contribution is -0.151. The first-order valence-corrected chi connectivity index (χ1v) is 12.1. The maximum atomic E-state index is 13.1. The normalized spacial score (nSPS) is 20.2. The fourth-order valence-corrected chi connectivity index (χ4v) is 4.57. The number of hydrogen-bond acceptors (Lipinski definition) is 7. The van der Waals surface area contributed by atoms with Gasteiger partial charge < -0.3 is 19.1 Å². The number of morpholine rings is 1. The molecule has 2 aromatic carbocycles. The van der Waals surface area contributed by atoms with Crippen molar-refractivity contribution in [1.29, 1.82) is 0 Å². The molecule has 2 aliphatic heterocycles. The van der Waals surface area contributed by atoms with Crippen molar-refractivity contribution in [2.45, 2.75) is 52.6 Å². The average Bonchev–Trinajstić information content (AvgIpc) is 3.08. The second-order valence-corrected chi connectivity index (χ2v) is 9.05. The second-order valence-electron chi connectivity index (χ2n) is 9.05. The topological polar surface area (TPSA) is 102 Å². The van der Waals surface area contributed by atoms with E-state index in [4.69, 9.17) is 14.2 Å². The molecule has 3 unspecified atom stereocenters. The lowest BCUT2D eigenvalue weighted by Crippen LogP contribution is -2.51. The second kappa shape index (κ2) is 10.5. The molecule has 1 saturated heterocycles. The zero-order valence-electron chi connectivity index (χ0n) is 20.9. The standard InChI is InChI=1S/C27H30N2O7/c1-5-34-23-11-10-19(15-29-25(31)20-8-6-7-9-21(20)26(29)32)12-22(23)27(33)36-18(4)24(30)28-13-16(2)35-17(3)14-28/h6-12,16-18H,5,13-15H2,1-4H3. The highest BCUT2D eigenvalue weighted by Crippen LogP contribution is 2.27. The molecular formula is C27H30N2O7. The van der Waals surface area contributed by atoms with Gasteiger partial charge in [0.05, 0.1) is 36.5 Å². The summed E-state index contributed by atoms with van der Waals surface area (Å²) in [5.41, 5.74) is 1.38. The van der Waals surface area contributed by atoms with Gasteiger partial charge in [-0.05, 0) is 57.5 Å². The van der Waals surface area contributed by atoms with Gasteiger partial charge in [-0.3, -0.25) is 19.3 Å². The van der Waals surface area contributed by atoms with Gasteiger partial charge >= 0.3 is 5.97 Å². The van der Waals surface area contributed by atoms with Gasteiger partial charge in [0, 0.05) is 13.1 Å². The SMILES string of the molecule is CCOc1ccc(CN2C(=O)c3ccccc3C2=O)cc1C(=O)OC(C)C(=O)N1CC(C)OC(C)C1. The summed E-state index contributed by atoms with van der Waals surface area (Å²) in [4.78, 5) is 54.3. The van der Waals surface area contributed by atoms with Crippen molar-refractivity contribution in [2.75, 3.05) is 19.7 Å². The molecule has 2 heterocycles. The van der Waals surface area contributed by atoms with Crippen LogP contribution in [0.15, 0.2) is 42.5 Å². The van der Waals surface area contributed by atoms with Crippen LogP contribution in [0.2, 0.25) is 0 Å². The van der Waals surface area contributed by atoms with Gasteiger partial charge in [0.25, 0.3) is 17.7 Å². The van der Waals surface area contributed by atoms with Crippen LogP contribution in [0.25, 0.3) is 0 Å². The Bertz CT molecular complexity index is 1150. The summed E-state index contributed by atoms with van der Waals surface area (Å²) in [6, 6.07) is 11.5. The molecule has 2 aliphatic rings. The third-order valence-corrected chi connectivity index (χ3v) is 6.15. The van der Waals surface area contributed by atoms with Gasteiger partial charge in [-0.2, -0.15) is 0 Å². The molecular weight excluding hydrogens is 464 g/mol. The fourth-order valence-electron chi connectivity index (χ4n) is 4.57. The lowest BCUT2D eigenvalue weighted by atomic mass is 10.1. The molecule has 0 N–H and O–H groups in total. The molecule has 0 saturated carbocycles. The van der Waals surface area contributed by atoms with E-state index in [2.05, 4.69) is 0 Å². The van der Waals surface area contributed by atoms with Crippen molar-refractivity contribution >= 4 is 23.7 Å². The number of hydrogen-bond donors (Lipinski definition) is 0. The number of benzene rings is 2. The van der Waals surface area contributed by atoms with Crippen LogP contribution < -0.4 is 4.74 Å². The Morgan fingerprint density at radius 2 is 1.64 bits per heavy atom. The first-order chi connectivity index (χ1) is 17.2. The minimum Gasteiger partial charge on any atom is -0.493 e. The average molecular weight is 495 g/mol. The van der Waals surface area contributed by atoms with Gasteiger partial charge in [0.2, 0.25) is 0 Å². The molecule has 0 spiro atoms. The number of carbonyl (C=O) groups excluding carboxylic acids is 4. The molecule has 9 heteroatoms. The molecule has 0 bridgehead atoms. The molecule has 190 valence electrons. The van der Waals surface area contributed by atoms with Gasteiger partial charge in [-0.15, -0.1) is 0 Å². The molecule has 0 aromatic heterocycles. The number of rotatable bonds is 7. The summed E-state index contributed by atoms with van der Waals surface area (Å²) in [7, 11) is 0. The molecule has 0 aliphatic carbocycles. The molecule has 1 fully saturated rings. The van der Waals surface area contributed by atoms with Gasteiger partial charge in [0.1, 0.15) is 11.3 Å². The zero-order valence-corrected chi connectivity index (χ0v) is 20.9. The van der Waals surface area contributed by atoms with Crippen LogP contribution in [0.4, 0.5) is 0 Å². The fraction of sp³-hybridized carbons (Fsp3) is 0.407. The van der Waals surface area contributed by atoms with E-state index in [1.165, 1.54) is 13.0 Å². The third-order valence-electron chi connectivity index (χ3n) is 6.15. The largest absolute Gasteiger partial charge is 0.493 e. The minimum absolute atomic E-state index is 0.0168. The van der Waals surface area contributed by atoms with Gasteiger partial charge in [-0.25, -0.2) is 4.79 Å². The quantitative estimate of drug-likeness (QED) is 0.431. The maximum Gasteiger partial charge on any atom is 0.342 e. The Kier molecular flexibility index (Phi) is 7.40. The van der Waals surface area contributed by atoms with E-state index < -0.39 is 12.1 Å². The van der Waals surface area contributed by atoms with E-state index in [-0.39, 0.29) is 42.0 Å². The summed E-state index contributed by atoms with van der Waals surface area (Å²) in [6.07, 6.45) is -1.22. The van der Waals surface area contributed by atoms with Crippen LogP contribution in [0.1, 0.15) is 64.3 Å². The summed E-state index contributed by atoms with van der Waals surface area (Å²) >= 11 is 0. The number of carbonyl (C=O) groups is 4. The number of esters is 1. The molecule has 2 aromatic rings. The number of fused-ring (bicyclic) bond motifs is 1. The van der Waals surface area contributed by atoms with Gasteiger partial charge in [-0.1, -0.05) is 18.2 Å². The maximum absolute atomic E-state index is 13.1. The molecule has 4 rings (SSSR count). The number of imide groups is 1. The number of nitrogens with zero attached hydrogens (tertiary/aromatic N) is 2. The zero-order chi connectivity index (χ0) is 26.0. The predicted octanol–water partition coefficient (Wildman–Crippen LogP) is 3.06. The van der Waals surface area contributed by atoms with E-state index in [0.29, 0.717) is 42.1 Å². The van der Waals surface area contributed by atoms with E-state index in [1.54, 1.807) is 48.2 Å². The molecule has 0 radical (unpaired) electrons.